The molecule has 24 heavy (non-hydrogen) atoms. The number of hydrogen-bond acceptors (Lipinski definition) is 5. The van der Waals surface area contributed by atoms with Crippen LogP contribution in [0.4, 0.5) is 5.13 Å². The lowest BCUT2D eigenvalue weighted by Gasteiger charge is -2.14. The van der Waals surface area contributed by atoms with Crippen molar-refractivity contribution >= 4 is 34.2 Å². The summed E-state index contributed by atoms with van der Waals surface area (Å²) in [5.74, 6) is -0.579. The molecule has 2 aromatic rings. The molecule has 0 saturated carbocycles. The van der Waals surface area contributed by atoms with Gasteiger partial charge in [-0.05, 0) is 30.5 Å². The van der Waals surface area contributed by atoms with E-state index in [1.807, 2.05) is 13.8 Å². The van der Waals surface area contributed by atoms with Gasteiger partial charge in [0.15, 0.2) is 5.13 Å². The molecule has 0 aliphatic carbocycles. The molecule has 0 unspecified atom stereocenters. The van der Waals surface area contributed by atoms with Gasteiger partial charge in [-0.1, -0.05) is 13.8 Å². The standard InChI is InChI=1S/C17H17N3O3S/c1-10(2)5-7-20-15(22)12-4-3-11(9-13(12)16(20)23)14(21)19-17-18-6-8-24-17/h3-4,6,8-10H,5,7H2,1-2H3,(H,18,19,21). The quantitative estimate of drug-likeness (QED) is 0.846. The second-order valence-corrected chi connectivity index (χ2v) is 6.89. The van der Waals surface area contributed by atoms with Crippen molar-refractivity contribution in [1.82, 2.24) is 9.88 Å². The molecule has 1 aromatic carbocycles. The molecule has 6 nitrogen and oxygen atoms in total. The molecule has 0 spiro atoms. The van der Waals surface area contributed by atoms with E-state index >= 15 is 0 Å². The van der Waals surface area contributed by atoms with E-state index < -0.39 is 0 Å². The number of rotatable bonds is 5. The minimum absolute atomic E-state index is 0.288. The number of amides is 3. The lowest BCUT2D eigenvalue weighted by Crippen LogP contribution is -2.31. The molecule has 3 amide bonds. The summed E-state index contributed by atoms with van der Waals surface area (Å²) >= 11 is 1.31. The molecule has 0 fully saturated rings. The van der Waals surface area contributed by atoms with Crippen molar-refractivity contribution in [1.29, 1.82) is 0 Å². The highest BCUT2D eigenvalue weighted by atomic mass is 32.1. The molecular weight excluding hydrogens is 326 g/mol. The van der Waals surface area contributed by atoms with Gasteiger partial charge in [0.25, 0.3) is 17.7 Å². The molecule has 0 saturated heterocycles. The number of hydrogen-bond donors (Lipinski definition) is 1. The van der Waals surface area contributed by atoms with Crippen molar-refractivity contribution in [3.05, 3.63) is 46.5 Å². The number of aromatic nitrogens is 1. The smallest absolute Gasteiger partial charge is 0.261 e. The second kappa shape index (κ2) is 6.52. The number of nitrogens with zero attached hydrogens (tertiary/aromatic N) is 2. The van der Waals surface area contributed by atoms with Crippen molar-refractivity contribution in [3.63, 3.8) is 0 Å². The predicted molar refractivity (Wildman–Crippen MR) is 91.3 cm³/mol. The predicted octanol–water partition coefficient (Wildman–Crippen LogP) is 3.04. The first-order valence-corrected chi connectivity index (χ1v) is 8.56. The van der Waals surface area contributed by atoms with Crippen molar-refractivity contribution in [2.45, 2.75) is 20.3 Å². The van der Waals surface area contributed by atoms with Crippen LogP contribution in [0.25, 0.3) is 0 Å². The van der Waals surface area contributed by atoms with E-state index in [0.717, 1.165) is 6.42 Å². The topological polar surface area (TPSA) is 79.4 Å². The molecule has 1 aliphatic rings. The number of carbonyl (C=O) groups excluding carboxylic acids is 3. The summed E-state index contributed by atoms with van der Waals surface area (Å²) in [5, 5.41) is 4.91. The van der Waals surface area contributed by atoms with Gasteiger partial charge < -0.3 is 0 Å². The second-order valence-electron chi connectivity index (χ2n) is 6.00. The Morgan fingerprint density at radius 3 is 2.67 bits per heavy atom. The van der Waals surface area contributed by atoms with Gasteiger partial charge in [0.05, 0.1) is 11.1 Å². The lowest BCUT2D eigenvalue weighted by molar-refractivity contribution is 0.0647. The van der Waals surface area contributed by atoms with E-state index in [9.17, 15) is 14.4 Å². The maximum atomic E-state index is 12.5. The van der Waals surface area contributed by atoms with Crippen molar-refractivity contribution in [3.8, 4) is 0 Å². The monoisotopic (exact) mass is 343 g/mol. The number of benzene rings is 1. The molecule has 3 rings (SSSR count). The molecule has 1 aliphatic heterocycles. The summed E-state index contributed by atoms with van der Waals surface area (Å²) in [6.07, 6.45) is 2.35. The van der Waals surface area contributed by atoms with Gasteiger partial charge >= 0.3 is 0 Å². The number of nitrogens with one attached hydrogen (secondary N) is 1. The van der Waals surface area contributed by atoms with E-state index in [1.54, 1.807) is 23.7 Å². The summed E-state index contributed by atoms with van der Waals surface area (Å²) < 4.78 is 0. The van der Waals surface area contributed by atoms with Crippen LogP contribution in [-0.4, -0.2) is 34.2 Å². The summed E-state index contributed by atoms with van der Waals surface area (Å²) in [6, 6.07) is 4.58. The van der Waals surface area contributed by atoms with Gasteiger partial charge in [-0.3, -0.25) is 24.6 Å². The normalized spacial score (nSPS) is 13.5. The Balaban J connectivity index is 1.81. The lowest BCUT2D eigenvalue weighted by atomic mass is 10.1. The minimum Gasteiger partial charge on any atom is -0.298 e. The van der Waals surface area contributed by atoms with E-state index in [1.165, 1.54) is 22.3 Å². The van der Waals surface area contributed by atoms with Crippen LogP contribution in [0.15, 0.2) is 29.8 Å². The number of anilines is 1. The number of imide groups is 1. The Labute approximate surface area is 143 Å². The van der Waals surface area contributed by atoms with Crippen molar-refractivity contribution in [2.75, 3.05) is 11.9 Å². The third-order valence-corrected chi connectivity index (χ3v) is 4.50. The summed E-state index contributed by atoms with van der Waals surface area (Å²) in [6.45, 7) is 4.48. The van der Waals surface area contributed by atoms with Gasteiger partial charge in [-0.2, -0.15) is 0 Å². The zero-order chi connectivity index (χ0) is 17.3. The van der Waals surface area contributed by atoms with Crippen molar-refractivity contribution in [2.24, 2.45) is 5.92 Å². The van der Waals surface area contributed by atoms with Crippen molar-refractivity contribution < 1.29 is 14.4 Å². The fourth-order valence-electron chi connectivity index (χ4n) is 2.48. The number of thiazole rings is 1. The molecule has 0 bridgehead atoms. The van der Waals surface area contributed by atoms with E-state index in [2.05, 4.69) is 10.3 Å². The SMILES string of the molecule is CC(C)CCN1C(=O)c2ccc(C(=O)Nc3nccs3)cc2C1=O. The zero-order valence-electron chi connectivity index (χ0n) is 13.4. The molecule has 0 atom stereocenters. The largest absolute Gasteiger partial charge is 0.298 e. The Kier molecular flexibility index (Phi) is 4.44. The minimum atomic E-state index is -0.353. The van der Waals surface area contributed by atoms with Gasteiger partial charge in [0.2, 0.25) is 0 Å². The average molecular weight is 343 g/mol. The van der Waals surface area contributed by atoms with Crippen LogP contribution in [0, 0.1) is 5.92 Å². The first kappa shape index (κ1) is 16.3. The Morgan fingerprint density at radius 2 is 2.00 bits per heavy atom. The molecule has 124 valence electrons. The fourth-order valence-corrected chi connectivity index (χ4v) is 3.00. The van der Waals surface area contributed by atoms with Gasteiger partial charge in [-0.25, -0.2) is 4.98 Å². The average Bonchev–Trinajstić information content (AvgIpc) is 3.13. The molecular formula is C17H17N3O3S. The first-order valence-electron chi connectivity index (χ1n) is 7.68. The molecule has 2 heterocycles. The highest BCUT2D eigenvalue weighted by Crippen LogP contribution is 2.25. The zero-order valence-corrected chi connectivity index (χ0v) is 14.2. The fraction of sp³-hybridized carbons (Fsp3) is 0.294. The van der Waals surface area contributed by atoms with Crippen LogP contribution in [0.2, 0.25) is 0 Å². The molecule has 1 aromatic heterocycles. The third-order valence-electron chi connectivity index (χ3n) is 3.82. The van der Waals surface area contributed by atoms with Gasteiger partial charge in [0.1, 0.15) is 0 Å². The van der Waals surface area contributed by atoms with Crippen LogP contribution < -0.4 is 5.32 Å². The maximum Gasteiger partial charge on any atom is 0.261 e. The summed E-state index contributed by atoms with van der Waals surface area (Å²) in [4.78, 5) is 42.3. The van der Waals surface area contributed by atoms with Gasteiger partial charge in [-0.15, -0.1) is 11.3 Å². The van der Waals surface area contributed by atoms with Crippen LogP contribution in [0.1, 0.15) is 51.3 Å². The van der Waals surface area contributed by atoms with Crippen LogP contribution in [0.3, 0.4) is 0 Å². The highest BCUT2D eigenvalue weighted by molar-refractivity contribution is 7.13. The number of carbonyl (C=O) groups is 3. The molecule has 7 heteroatoms. The van der Waals surface area contributed by atoms with Gasteiger partial charge in [0, 0.05) is 23.7 Å². The molecule has 0 radical (unpaired) electrons. The summed E-state index contributed by atoms with van der Waals surface area (Å²) in [7, 11) is 0. The Hall–Kier alpha value is -2.54. The molecule has 1 N–H and O–H groups in total. The van der Waals surface area contributed by atoms with E-state index in [4.69, 9.17) is 0 Å². The van der Waals surface area contributed by atoms with Crippen LogP contribution in [0.5, 0.6) is 0 Å². The van der Waals surface area contributed by atoms with Crippen LogP contribution >= 0.6 is 11.3 Å². The first-order chi connectivity index (χ1) is 11.5. The number of fused-ring (bicyclic) bond motifs is 1. The Bertz CT molecular complexity index is 799. The third kappa shape index (κ3) is 3.07. The van der Waals surface area contributed by atoms with E-state index in [-0.39, 0.29) is 23.3 Å². The highest BCUT2D eigenvalue weighted by Gasteiger charge is 2.35. The van der Waals surface area contributed by atoms with Crippen LogP contribution in [-0.2, 0) is 0 Å². The maximum absolute atomic E-state index is 12.5. The summed E-state index contributed by atoms with van der Waals surface area (Å²) in [5.41, 5.74) is 0.973. The Morgan fingerprint density at radius 1 is 1.25 bits per heavy atom. The van der Waals surface area contributed by atoms with E-state index in [0.29, 0.717) is 28.7 Å².